The van der Waals surface area contributed by atoms with Crippen LogP contribution in [0.3, 0.4) is 0 Å². The normalized spacial score (nSPS) is 29.7. The fraction of sp³-hybridized carbons (Fsp3) is 0.739. The Morgan fingerprint density at radius 1 is 1.29 bits per heavy atom. The van der Waals surface area contributed by atoms with Gasteiger partial charge in [-0.2, -0.15) is 4.98 Å². The Morgan fingerprint density at radius 2 is 2.12 bits per heavy atom. The van der Waals surface area contributed by atoms with Gasteiger partial charge < -0.3 is 19.5 Å². The lowest BCUT2D eigenvalue weighted by molar-refractivity contribution is 0.0587. The molecule has 4 fully saturated rings. The van der Waals surface area contributed by atoms with Gasteiger partial charge in [0.25, 0.3) is 0 Å². The van der Waals surface area contributed by atoms with Gasteiger partial charge in [0.15, 0.2) is 0 Å². The Hall–Kier alpha value is -2.53. The molecule has 1 aromatic rings. The van der Waals surface area contributed by atoms with E-state index < -0.39 is 18.2 Å². The van der Waals surface area contributed by atoms with Gasteiger partial charge in [-0.3, -0.25) is 9.80 Å². The number of amides is 1. The van der Waals surface area contributed by atoms with Gasteiger partial charge in [0, 0.05) is 44.2 Å². The van der Waals surface area contributed by atoms with Crippen LogP contribution < -0.4 is 14.8 Å². The number of piperazine rings is 1. The number of aromatic nitrogens is 2. The number of alkyl halides is 1. The molecule has 4 aliphatic rings. The molecule has 3 aliphatic heterocycles. The van der Waals surface area contributed by atoms with Crippen molar-refractivity contribution in [2.75, 3.05) is 46.4 Å². The van der Waals surface area contributed by atoms with E-state index in [9.17, 15) is 14.0 Å². The topological polar surface area (TPSA) is 106 Å². The van der Waals surface area contributed by atoms with Crippen LogP contribution in [0, 0.1) is 5.41 Å². The van der Waals surface area contributed by atoms with E-state index in [4.69, 9.17) is 14.2 Å². The Kier molecular flexibility index (Phi) is 6.09. The number of hydrogen-bond acceptors (Lipinski definition) is 9. The van der Waals surface area contributed by atoms with Gasteiger partial charge in [-0.15, -0.1) is 0 Å². The van der Waals surface area contributed by atoms with E-state index in [1.165, 1.54) is 13.3 Å². The third-order valence-electron chi connectivity index (χ3n) is 7.60. The van der Waals surface area contributed by atoms with Crippen LogP contribution in [0.1, 0.15) is 49.4 Å². The van der Waals surface area contributed by atoms with Crippen molar-refractivity contribution in [2.45, 2.75) is 56.8 Å². The number of fused-ring (bicyclic) bond motifs is 2. The van der Waals surface area contributed by atoms with Gasteiger partial charge in [-0.1, -0.05) is 0 Å². The number of nitrogens with zero attached hydrogens (tertiary/aromatic N) is 4. The molecule has 1 amide bonds. The number of rotatable bonds is 7. The van der Waals surface area contributed by atoms with Crippen LogP contribution in [0.25, 0.3) is 0 Å². The molecule has 1 N–H and O–H groups in total. The molecule has 0 radical (unpaired) electrons. The number of carbonyl (C=O) groups excluding carboxylic acids is 2. The van der Waals surface area contributed by atoms with Crippen molar-refractivity contribution in [3.05, 3.63) is 11.8 Å². The number of nitrogens with one attached hydrogen (secondary N) is 1. The Labute approximate surface area is 198 Å². The zero-order valence-electron chi connectivity index (χ0n) is 19.7. The highest BCUT2D eigenvalue weighted by molar-refractivity contribution is 5.92. The number of ether oxygens (including phenoxy) is 3. The molecule has 0 spiro atoms. The summed E-state index contributed by atoms with van der Waals surface area (Å²) >= 11 is 0. The highest BCUT2D eigenvalue weighted by Gasteiger charge is 2.49. The second-order valence-electron chi connectivity index (χ2n) is 10.3. The summed E-state index contributed by atoms with van der Waals surface area (Å²) in [5, 5.41) is 3.36. The highest BCUT2D eigenvalue weighted by Crippen LogP contribution is 2.47. The minimum atomic E-state index is -0.753. The average molecular weight is 478 g/mol. The summed E-state index contributed by atoms with van der Waals surface area (Å²) in [6.45, 7) is 5.80. The first kappa shape index (κ1) is 23.2. The SMILES string of the molecule is COC(=O)c1cnc(OCC2(CN3CC[C@@H](F)C3)CC2)nc1OC(=O)N1C2CCC1(C)CNC2. The van der Waals surface area contributed by atoms with Crippen LogP contribution in [-0.2, 0) is 4.74 Å². The van der Waals surface area contributed by atoms with Crippen molar-refractivity contribution >= 4 is 12.1 Å². The first-order valence-electron chi connectivity index (χ1n) is 12.0. The van der Waals surface area contributed by atoms with Crippen LogP contribution in [-0.4, -0.2) is 96.0 Å². The summed E-state index contributed by atoms with van der Waals surface area (Å²) < 4.78 is 29.9. The van der Waals surface area contributed by atoms with Crippen molar-refractivity contribution in [1.82, 2.24) is 25.1 Å². The Bertz CT molecular complexity index is 956. The molecule has 34 heavy (non-hydrogen) atoms. The van der Waals surface area contributed by atoms with Crippen molar-refractivity contribution < 1.29 is 28.2 Å². The summed E-state index contributed by atoms with van der Waals surface area (Å²) in [6, 6.07) is 0.0654. The van der Waals surface area contributed by atoms with Gasteiger partial charge in [0.2, 0.25) is 5.88 Å². The molecule has 5 rings (SSSR count). The van der Waals surface area contributed by atoms with Crippen molar-refractivity contribution in [1.29, 1.82) is 0 Å². The molecule has 4 heterocycles. The van der Waals surface area contributed by atoms with Crippen LogP contribution in [0.4, 0.5) is 9.18 Å². The molecule has 186 valence electrons. The molecule has 3 saturated heterocycles. The maximum Gasteiger partial charge on any atom is 0.417 e. The zero-order chi connectivity index (χ0) is 23.9. The zero-order valence-corrected chi connectivity index (χ0v) is 19.7. The number of esters is 1. The van der Waals surface area contributed by atoms with E-state index in [0.717, 1.165) is 38.8 Å². The lowest BCUT2D eigenvalue weighted by atomic mass is 9.99. The first-order chi connectivity index (χ1) is 16.3. The third-order valence-corrected chi connectivity index (χ3v) is 7.60. The minimum Gasteiger partial charge on any atom is -0.465 e. The predicted octanol–water partition coefficient (Wildman–Crippen LogP) is 1.79. The highest BCUT2D eigenvalue weighted by atomic mass is 19.1. The molecule has 3 atom stereocenters. The first-order valence-corrected chi connectivity index (χ1v) is 12.0. The van der Waals surface area contributed by atoms with Crippen LogP contribution in [0.15, 0.2) is 6.20 Å². The van der Waals surface area contributed by atoms with E-state index >= 15 is 0 Å². The van der Waals surface area contributed by atoms with Crippen LogP contribution in [0.2, 0.25) is 0 Å². The fourth-order valence-corrected chi connectivity index (χ4v) is 5.44. The van der Waals surface area contributed by atoms with Gasteiger partial charge in [0.05, 0.1) is 25.5 Å². The predicted molar refractivity (Wildman–Crippen MR) is 119 cm³/mol. The second-order valence-corrected chi connectivity index (χ2v) is 10.3. The molecule has 0 aromatic carbocycles. The van der Waals surface area contributed by atoms with Crippen LogP contribution in [0.5, 0.6) is 11.9 Å². The van der Waals surface area contributed by atoms with Gasteiger partial charge in [-0.25, -0.2) is 19.0 Å². The van der Waals surface area contributed by atoms with E-state index in [1.54, 1.807) is 4.90 Å². The summed E-state index contributed by atoms with van der Waals surface area (Å²) in [5.74, 6) is -0.870. The second kappa shape index (κ2) is 8.92. The Balaban J connectivity index is 1.28. The third kappa shape index (κ3) is 4.55. The molecule has 1 aromatic heterocycles. The number of likely N-dealkylation sites (tertiary alicyclic amines) is 1. The summed E-state index contributed by atoms with van der Waals surface area (Å²) in [4.78, 5) is 37.7. The monoisotopic (exact) mass is 477 g/mol. The largest absolute Gasteiger partial charge is 0.465 e. The molecule has 2 bridgehead atoms. The Morgan fingerprint density at radius 3 is 2.79 bits per heavy atom. The summed E-state index contributed by atoms with van der Waals surface area (Å²) in [6.07, 6.45) is 4.30. The molecule has 11 heteroatoms. The average Bonchev–Trinajstić information content (AvgIpc) is 3.40. The van der Waals surface area contributed by atoms with E-state index in [2.05, 4.69) is 20.2 Å². The lowest BCUT2D eigenvalue weighted by Gasteiger charge is -2.41. The lowest BCUT2D eigenvalue weighted by Crippen LogP contribution is -2.61. The van der Waals surface area contributed by atoms with E-state index in [1.807, 2.05) is 6.92 Å². The molecule has 10 nitrogen and oxygen atoms in total. The number of carbonyl (C=O) groups is 2. The van der Waals surface area contributed by atoms with Gasteiger partial charge >= 0.3 is 18.1 Å². The van der Waals surface area contributed by atoms with Crippen molar-refractivity contribution in [3.63, 3.8) is 0 Å². The standard InChI is InChI=1S/C23H32FN5O5/c1-22-5-3-16(9-25-12-22)29(22)21(31)34-18-17(19(30)32-2)10-26-20(27-18)33-14-23(6-7-23)13-28-8-4-15(24)11-28/h10,15-16,25H,3-9,11-14H2,1-2H3/t15-,16?,22?/m1/s1. The smallest absolute Gasteiger partial charge is 0.417 e. The molecular weight excluding hydrogens is 445 g/mol. The molecule has 2 unspecified atom stereocenters. The van der Waals surface area contributed by atoms with Crippen molar-refractivity contribution in [2.24, 2.45) is 5.41 Å². The van der Waals surface area contributed by atoms with Crippen LogP contribution >= 0.6 is 0 Å². The number of methoxy groups -OCH3 is 1. The molecular formula is C23H32FN5O5. The number of hydrogen-bond donors (Lipinski definition) is 1. The van der Waals surface area contributed by atoms with E-state index in [-0.39, 0.29) is 34.4 Å². The van der Waals surface area contributed by atoms with Gasteiger partial charge in [-0.05, 0) is 39.0 Å². The number of halogens is 1. The quantitative estimate of drug-likeness (QED) is 0.588. The van der Waals surface area contributed by atoms with Crippen molar-refractivity contribution in [3.8, 4) is 11.9 Å². The minimum absolute atomic E-state index is 0.0287. The fourth-order valence-electron chi connectivity index (χ4n) is 5.44. The maximum absolute atomic E-state index is 13.5. The molecule has 1 aliphatic carbocycles. The molecule has 1 saturated carbocycles. The summed E-state index contributed by atoms with van der Waals surface area (Å²) in [5.41, 5.74) is -0.424. The van der Waals surface area contributed by atoms with Gasteiger partial charge in [0.1, 0.15) is 11.7 Å². The maximum atomic E-state index is 13.5. The summed E-state index contributed by atoms with van der Waals surface area (Å²) in [7, 11) is 1.24. The van der Waals surface area contributed by atoms with E-state index in [0.29, 0.717) is 32.7 Å².